The van der Waals surface area contributed by atoms with Crippen molar-refractivity contribution >= 4 is 11.8 Å². The van der Waals surface area contributed by atoms with Crippen molar-refractivity contribution in [2.24, 2.45) is 5.92 Å². The summed E-state index contributed by atoms with van der Waals surface area (Å²) in [5.41, 5.74) is 2.26. The van der Waals surface area contributed by atoms with Gasteiger partial charge in [0.25, 0.3) is 5.91 Å². The van der Waals surface area contributed by atoms with Crippen LogP contribution < -0.4 is 4.74 Å². The van der Waals surface area contributed by atoms with Crippen molar-refractivity contribution in [2.75, 3.05) is 33.3 Å². The van der Waals surface area contributed by atoms with Gasteiger partial charge in [0.15, 0.2) is 0 Å². The van der Waals surface area contributed by atoms with E-state index in [9.17, 15) is 9.59 Å². The van der Waals surface area contributed by atoms with Gasteiger partial charge < -0.3 is 14.5 Å². The van der Waals surface area contributed by atoms with Gasteiger partial charge >= 0.3 is 0 Å². The lowest BCUT2D eigenvalue weighted by Crippen LogP contribution is -2.51. The van der Waals surface area contributed by atoms with E-state index in [1.165, 1.54) is 0 Å². The van der Waals surface area contributed by atoms with Gasteiger partial charge in [-0.15, -0.1) is 10.2 Å². The van der Waals surface area contributed by atoms with E-state index in [-0.39, 0.29) is 17.7 Å². The van der Waals surface area contributed by atoms with Crippen LogP contribution in [0.25, 0.3) is 11.3 Å². The average Bonchev–Trinajstić information content (AvgIpc) is 3.33. The molecule has 7 nitrogen and oxygen atoms in total. The Kier molecular flexibility index (Phi) is 5.74. The Morgan fingerprint density at radius 1 is 0.897 bits per heavy atom. The first-order chi connectivity index (χ1) is 14.2. The third-order valence-electron chi connectivity index (χ3n) is 5.86. The highest BCUT2D eigenvalue weighted by molar-refractivity contribution is 5.95. The molecule has 0 spiro atoms. The van der Waals surface area contributed by atoms with E-state index in [2.05, 4.69) is 10.2 Å². The maximum absolute atomic E-state index is 12.8. The number of hydrogen-bond acceptors (Lipinski definition) is 5. The monoisotopic (exact) mass is 394 g/mol. The summed E-state index contributed by atoms with van der Waals surface area (Å²) in [4.78, 5) is 29.2. The first kappa shape index (κ1) is 19.4. The molecule has 0 atom stereocenters. The molecule has 2 aromatic rings. The minimum Gasteiger partial charge on any atom is -0.480 e. The predicted octanol–water partition coefficient (Wildman–Crippen LogP) is 2.63. The number of amides is 2. The molecule has 0 bridgehead atoms. The second-order valence-corrected chi connectivity index (χ2v) is 7.64. The molecule has 0 unspecified atom stereocenters. The highest BCUT2D eigenvalue weighted by atomic mass is 16.5. The molecule has 29 heavy (non-hydrogen) atoms. The zero-order valence-corrected chi connectivity index (χ0v) is 16.7. The average molecular weight is 394 g/mol. The van der Waals surface area contributed by atoms with Gasteiger partial charge in [0.2, 0.25) is 11.8 Å². The third-order valence-corrected chi connectivity index (χ3v) is 5.86. The summed E-state index contributed by atoms with van der Waals surface area (Å²) in [6.07, 6.45) is 4.35. The minimum atomic E-state index is 0.00494. The van der Waals surface area contributed by atoms with Gasteiger partial charge in [-0.25, -0.2) is 0 Å². The highest BCUT2D eigenvalue weighted by Gasteiger charge is 2.30. The second-order valence-electron chi connectivity index (χ2n) is 7.64. The van der Waals surface area contributed by atoms with E-state index in [4.69, 9.17) is 4.74 Å². The number of ether oxygens (including phenoxy) is 1. The third kappa shape index (κ3) is 4.23. The smallest absolute Gasteiger partial charge is 0.253 e. The minimum absolute atomic E-state index is 0.00494. The predicted molar refractivity (Wildman–Crippen MR) is 108 cm³/mol. The molecule has 1 saturated heterocycles. The summed E-state index contributed by atoms with van der Waals surface area (Å²) >= 11 is 0. The summed E-state index contributed by atoms with van der Waals surface area (Å²) in [5.74, 6) is 0.946. The van der Waals surface area contributed by atoms with Crippen molar-refractivity contribution in [3.63, 3.8) is 0 Å². The number of methoxy groups -OCH3 is 1. The van der Waals surface area contributed by atoms with Gasteiger partial charge in [-0.3, -0.25) is 9.59 Å². The topological polar surface area (TPSA) is 75.6 Å². The van der Waals surface area contributed by atoms with E-state index in [1.807, 2.05) is 40.1 Å². The maximum Gasteiger partial charge on any atom is 0.253 e. The zero-order valence-electron chi connectivity index (χ0n) is 16.7. The van der Waals surface area contributed by atoms with Crippen molar-refractivity contribution in [1.29, 1.82) is 0 Å². The van der Waals surface area contributed by atoms with Crippen LogP contribution in [0.3, 0.4) is 0 Å². The van der Waals surface area contributed by atoms with Gasteiger partial charge in [-0.05, 0) is 31.0 Å². The number of carbonyl (C=O) groups is 2. The van der Waals surface area contributed by atoms with Crippen molar-refractivity contribution in [1.82, 2.24) is 20.0 Å². The van der Waals surface area contributed by atoms with Crippen LogP contribution >= 0.6 is 0 Å². The van der Waals surface area contributed by atoms with Crippen molar-refractivity contribution in [3.8, 4) is 17.1 Å². The van der Waals surface area contributed by atoms with Crippen LogP contribution in [0, 0.1) is 5.92 Å². The molecule has 2 amide bonds. The molecule has 1 aliphatic carbocycles. The Morgan fingerprint density at radius 2 is 1.55 bits per heavy atom. The lowest BCUT2D eigenvalue weighted by molar-refractivity contribution is -0.136. The normalized spacial score (nSPS) is 17.4. The SMILES string of the molecule is COc1ccc(-c2ccc(C(=O)N3CCN(C(=O)C4CCCC4)CC3)cc2)nn1. The number of benzene rings is 1. The fraction of sp³-hybridized carbons (Fsp3) is 0.455. The summed E-state index contributed by atoms with van der Waals surface area (Å²) in [5, 5.41) is 8.11. The molecule has 2 heterocycles. The Bertz CT molecular complexity index is 853. The number of rotatable bonds is 4. The molecule has 4 rings (SSSR count). The fourth-order valence-electron chi connectivity index (χ4n) is 4.11. The van der Waals surface area contributed by atoms with Crippen molar-refractivity contribution < 1.29 is 14.3 Å². The Hall–Kier alpha value is -2.96. The number of nitrogens with zero attached hydrogens (tertiary/aromatic N) is 4. The zero-order chi connectivity index (χ0) is 20.2. The number of hydrogen-bond donors (Lipinski definition) is 0. The van der Waals surface area contributed by atoms with E-state index < -0.39 is 0 Å². The molecule has 152 valence electrons. The summed E-state index contributed by atoms with van der Waals surface area (Å²) in [6, 6.07) is 11.0. The van der Waals surface area contributed by atoms with Crippen LogP contribution in [-0.2, 0) is 4.79 Å². The summed E-state index contributed by atoms with van der Waals surface area (Å²) < 4.78 is 5.03. The number of piperazine rings is 1. The first-order valence-electron chi connectivity index (χ1n) is 10.2. The molecular weight excluding hydrogens is 368 g/mol. The van der Waals surface area contributed by atoms with Crippen LogP contribution in [0.4, 0.5) is 0 Å². The van der Waals surface area contributed by atoms with Gasteiger partial charge in [0, 0.05) is 49.3 Å². The van der Waals surface area contributed by atoms with Crippen LogP contribution in [0.15, 0.2) is 36.4 Å². The molecule has 1 saturated carbocycles. The lowest BCUT2D eigenvalue weighted by Gasteiger charge is -2.36. The maximum atomic E-state index is 12.8. The Morgan fingerprint density at radius 3 is 2.14 bits per heavy atom. The molecule has 2 aliphatic rings. The van der Waals surface area contributed by atoms with Crippen molar-refractivity contribution in [2.45, 2.75) is 25.7 Å². The Labute approximate surface area is 170 Å². The second kappa shape index (κ2) is 8.59. The van der Waals surface area contributed by atoms with E-state index in [0.717, 1.165) is 36.9 Å². The van der Waals surface area contributed by atoms with Gasteiger partial charge in [0.1, 0.15) is 0 Å². The molecule has 1 aliphatic heterocycles. The molecule has 7 heteroatoms. The van der Waals surface area contributed by atoms with Crippen LogP contribution in [0.1, 0.15) is 36.0 Å². The van der Waals surface area contributed by atoms with Gasteiger partial charge in [-0.2, -0.15) is 0 Å². The molecule has 2 fully saturated rings. The van der Waals surface area contributed by atoms with E-state index in [1.54, 1.807) is 13.2 Å². The van der Waals surface area contributed by atoms with Crippen LogP contribution in [0.5, 0.6) is 5.88 Å². The summed E-state index contributed by atoms with van der Waals surface area (Å²) in [6.45, 7) is 2.42. The lowest BCUT2D eigenvalue weighted by atomic mass is 10.1. The molecule has 0 N–H and O–H groups in total. The van der Waals surface area contributed by atoms with Gasteiger partial charge in [-0.1, -0.05) is 25.0 Å². The van der Waals surface area contributed by atoms with E-state index >= 15 is 0 Å². The molecular formula is C22H26N4O3. The van der Waals surface area contributed by atoms with Crippen LogP contribution in [-0.4, -0.2) is 65.1 Å². The van der Waals surface area contributed by atoms with Gasteiger partial charge in [0.05, 0.1) is 12.8 Å². The number of aromatic nitrogens is 2. The highest BCUT2D eigenvalue weighted by Crippen LogP contribution is 2.27. The molecule has 1 aromatic carbocycles. The molecule has 0 radical (unpaired) electrons. The molecule has 1 aromatic heterocycles. The number of carbonyl (C=O) groups excluding carboxylic acids is 2. The van der Waals surface area contributed by atoms with Crippen molar-refractivity contribution in [3.05, 3.63) is 42.0 Å². The first-order valence-corrected chi connectivity index (χ1v) is 10.2. The quantitative estimate of drug-likeness (QED) is 0.797. The fourth-order valence-corrected chi connectivity index (χ4v) is 4.11. The largest absolute Gasteiger partial charge is 0.480 e. The van der Waals surface area contributed by atoms with E-state index in [0.29, 0.717) is 37.6 Å². The summed E-state index contributed by atoms with van der Waals surface area (Å²) in [7, 11) is 1.55. The standard InChI is InChI=1S/C22H26N4O3/c1-29-20-11-10-19(23-24-20)16-6-8-18(9-7-16)22(28)26-14-12-25(13-15-26)21(27)17-4-2-3-5-17/h6-11,17H,2-5,12-15H2,1H3. The Balaban J connectivity index is 1.35. The van der Waals surface area contributed by atoms with Crippen LogP contribution in [0.2, 0.25) is 0 Å².